The van der Waals surface area contributed by atoms with Crippen LogP contribution in [0.3, 0.4) is 0 Å². The van der Waals surface area contributed by atoms with Crippen molar-refractivity contribution >= 4 is 16.5 Å². The number of anilines is 1. The van der Waals surface area contributed by atoms with Gasteiger partial charge in [-0.25, -0.2) is 0 Å². The highest BCUT2D eigenvalue weighted by atomic mass is 16.3. The Kier molecular flexibility index (Phi) is 3.90. The normalized spacial score (nSPS) is 9.79. The van der Waals surface area contributed by atoms with Gasteiger partial charge in [-0.05, 0) is 35.0 Å². The SMILES string of the molecule is C#CCN(CCC#N)c1ccc2ccc(O)cc2c1. The van der Waals surface area contributed by atoms with Crippen molar-refractivity contribution in [1.29, 1.82) is 5.26 Å². The predicted molar refractivity (Wildman–Crippen MR) is 76.9 cm³/mol. The molecular formula is C16H14N2O. The minimum atomic E-state index is 0.241. The van der Waals surface area contributed by atoms with Crippen LogP contribution in [0, 0.1) is 23.7 Å². The van der Waals surface area contributed by atoms with Crippen molar-refractivity contribution in [3.63, 3.8) is 0 Å². The molecule has 0 fully saturated rings. The van der Waals surface area contributed by atoms with Gasteiger partial charge in [0.2, 0.25) is 0 Å². The average Bonchev–Trinajstić information content (AvgIpc) is 2.42. The van der Waals surface area contributed by atoms with E-state index in [1.807, 2.05) is 29.2 Å². The maximum Gasteiger partial charge on any atom is 0.116 e. The van der Waals surface area contributed by atoms with Crippen LogP contribution in [0.25, 0.3) is 10.8 Å². The van der Waals surface area contributed by atoms with E-state index < -0.39 is 0 Å². The largest absolute Gasteiger partial charge is 0.508 e. The molecule has 0 aliphatic carbocycles. The van der Waals surface area contributed by atoms with E-state index in [1.165, 1.54) is 0 Å². The summed E-state index contributed by atoms with van der Waals surface area (Å²) in [5.41, 5.74) is 0.964. The van der Waals surface area contributed by atoms with Crippen LogP contribution in [0.5, 0.6) is 5.75 Å². The predicted octanol–water partition coefficient (Wildman–Crippen LogP) is 2.90. The van der Waals surface area contributed by atoms with Crippen molar-refractivity contribution in [1.82, 2.24) is 0 Å². The molecular weight excluding hydrogens is 236 g/mol. The number of hydrogen-bond donors (Lipinski definition) is 1. The maximum absolute atomic E-state index is 9.52. The first-order valence-electron chi connectivity index (χ1n) is 6.03. The highest BCUT2D eigenvalue weighted by molar-refractivity contribution is 5.87. The van der Waals surface area contributed by atoms with E-state index in [9.17, 15) is 5.11 Å². The molecule has 0 aliphatic heterocycles. The van der Waals surface area contributed by atoms with Crippen LogP contribution in [0.4, 0.5) is 5.69 Å². The summed E-state index contributed by atoms with van der Waals surface area (Å²) < 4.78 is 0. The van der Waals surface area contributed by atoms with Gasteiger partial charge in [-0.3, -0.25) is 0 Å². The Hall–Kier alpha value is -2.65. The van der Waals surface area contributed by atoms with Gasteiger partial charge in [0.05, 0.1) is 19.0 Å². The molecule has 0 radical (unpaired) electrons. The second-order valence-electron chi connectivity index (χ2n) is 4.25. The first kappa shape index (κ1) is 12.8. The minimum absolute atomic E-state index is 0.241. The highest BCUT2D eigenvalue weighted by Gasteiger charge is 2.06. The lowest BCUT2D eigenvalue weighted by atomic mass is 10.1. The lowest BCUT2D eigenvalue weighted by Crippen LogP contribution is -2.24. The lowest BCUT2D eigenvalue weighted by Gasteiger charge is -2.21. The van der Waals surface area contributed by atoms with E-state index in [2.05, 4.69) is 12.0 Å². The van der Waals surface area contributed by atoms with Crippen molar-refractivity contribution in [2.75, 3.05) is 18.0 Å². The fourth-order valence-corrected chi connectivity index (χ4v) is 2.01. The van der Waals surface area contributed by atoms with E-state index in [0.717, 1.165) is 16.5 Å². The molecule has 0 spiro atoms. The number of aromatic hydroxyl groups is 1. The van der Waals surface area contributed by atoms with Crippen molar-refractivity contribution in [2.24, 2.45) is 0 Å². The zero-order valence-corrected chi connectivity index (χ0v) is 10.5. The molecule has 0 aromatic heterocycles. The zero-order valence-electron chi connectivity index (χ0n) is 10.5. The van der Waals surface area contributed by atoms with Gasteiger partial charge in [-0.15, -0.1) is 6.42 Å². The summed E-state index contributed by atoms with van der Waals surface area (Å²) in [7, 11) is 0. The molecule has 2 aromatic carbocycles. The van der Waals surface area contributed by atoms with Gasteiger partial charge in [-0.1, -0.05) is 18.1 Å². The first-order valence-corrected chi connectivity index (χ1v) is 6.03. The Morgan fingerprint density at radius 2 is 1.95 bits per heavy atom. The lowest BCUT2D eigenvalue weighted by molar-refractivity contribution is 0.476. The molecule has 3 heteroatoms. The molecule has 0 heterocycles. The van der Waals surface area contributed by atoms with E-state index in [-0.39, 0.29) is 5.75 Å². The molecule has 2 rings (SSSR count). The Bertz CT molecular complexity index is 664. The Morgan fingerprint density at radius 1 is 1.16 bits per heavy atom. The summed E-state index contributed by atoms with van der Waals surface area (Å²) in [5.74, 6) is 2.84. The van der Waals surface area contributed by atoms with E-state index >= 15 is 0 Å². The average molecular weight is 250 g/mol. The number of terminal acetylenes is 1. The molecule has 2 aromatic rings. The van der Waals surface area contributed by atoms with Gasteiger partial charge < -0.3 is 10.0 Å². The van der Waals surface area contributed by atoms with Crippen LogP contribution >= 0.6 is 0 Å². The highest BCUT2D eigenvalue weighted by Crippen LogP contribution is 2.25. The molecule has 0 atom stereocenters. The van der Waals surface area contributed by atoms with E-state index in [1.54, 1.807) is 12.1 Å². The zero-order chi connectivity index (χ0) is 13.7. The van der Waals surface area contributed by atoms with Crippen LogP contribution in [-0.2, 0) is 0 Å². The van der Waals surface area contributed by atoms with Crippen molar-refractivity contribution in [3.8, 4) is 24.2 Å². The van der Waals surface area contributed by atoms with Gasteiger partial charge >= 0.3 is 0 Å². The molecule has 0 saturated heterocycles. The van der Waals surface area contributed by atoms with Crippen molar-refractivity contribution in [2.45, 2.75) is 6.42 Å². The third kappa shape index (κ3) is 2.97. The van der Waals surface area contributed by atoms with Crippen LogP contribution < -0.4 is 4.90 Å². The fourth-order valence-electron chi connectivity index (χ4n) is 2.01. The molecule has 0 aliphatic rings. The topological polar surface area (TPSA) is 47.3 Å². The van der Waals surface area contributed by atoms with Crippen LogP contribution in [-0.4, -0.2) is 18.2 Å². The Morgan fingerprint density at radius 3 is 2.68 bits per heavy atom. The number of fused-ring (bicyclic) bond motifs is 1. The quantitative estimate of drug-likeness (QED) is 0.849. The molecule has 0 amide bonds. The van der Waals surface area contributed by atoms with Gasteiger partial charge in [-0.2, -0.15) is 5.26 Å². The van der Waals surface area contributed by atoms with Crippen LogP contribution in [0.1, 0.15) is 6.42 Å². The number of nitriles is 1. The molecule has 94 valence electrons. The second kappa shape index (κ2) is 5.80. The smallest absolute Gasteiger partial charge is 0.116 e. The van der Waals surface area contributed by atoms with Gasteiger partial charge in [0.25, 0.3) is 0 Å². The van der Waals surface area contributed by atoms with Crippen molar-refractivity contribution < 1.29 is 5.11 Å². The number of rotatable bonds is 4. The molecule has 19 heavy (non-hydrogen) atoms. The van der Waals surface area contributed by atoms with E-state index in [0.29, 0.717) is 19.5 Å². The number of benzene rings is 2. The fraction of sp³-hybridized carbons (Fsp3) is 0.188. The van der Waals surface area contributed by atoms with Gasteiger partial charge in [0, 0.05) is 12.2 Å². The van der Waals surface area contributed by atoms with Gasteiger partial charge in [0.1, 0.15) is 5.75 Å². The number of phenols is 1. The monoisotopic (exact) mass is 250 g/mol. The summed E-state index contributed by atoms with van der Waals surface area (Å²) >= 11 is 0. The first-order chi connectivity index (χ1) is 9.24. The second-order valence-corrected chi connectivity index (χ2v) is 4.25. The summed E-state index contributed by atoms with van der Waals surface area (Å²) in [6, 6.07) is 13.3. The molecule has 0 unspecified atom stereocenters. The molecule has 1 N–H and O–H groups in total. The number of nitrogens with zero attached hydrogens (tertiary/aromatic N) is 2. The Labute approximate surface area is 112 Å². The van der Waals surface area contributed by atoms with Gasteiger partial charge in [0.15, 0.2) is 0 Å². The van der Waals surface area contributed by atoms with E-state index in [4.69, 9.17) is 11.7 Å². The summed E-state index contributed by atoms with van der Waals surface area (Å²) in [6.07, 6.45) is 5.79. The van der Waals surface area contributed by atoms with Crippen molar-refractivity contribution in [3.05, 3.63) is 36.4 Å². The standard InChI is InChI=1S/C16H14N2O/c1-2-9-18(10-3-8-17)15-6-4-13-5-7-16(19)12-14(13)11-15/h1,4-7,11-12,19H,3,9-10H2. The number of phenolic OH excluding ortho intramolecular Hbond substituents is 1. The minimum Gasteiger partial charge on any atom is -0.508 e. The van der Waals surface area contributed by atoms with Crippen LogP contribution in [0.15, 0.2) is 36.4 Å². The summed E-state index contributed by atoms with van der Waals surface area (Å²) in [4.78, 5) is 1.98. The molecule has 0 bridgehead atoms. The molecule has 0 saturated carbocycles. The maximum atomic E-state index is 9.52. The van der Waals surface area contributed by atoms with Crippen LogP contribution in [0.2, 0.25) is 0 Å². The summed E-state index contributed by atoms with van der Waals surface area (Å²) in [5, 5.41) is 20.2. The number of hydrogen-bond acceptors (Lipinski definition) is 3. The third-order valence-electron chi connectivity index (χ3n) is 2.95. The third-order valence-corrected chi connectivity index (χ3v) is 2.95. The summed E-state index contributed by atoms with van der Waals surface area (Å²) in [6.45, 7) is 1.07. The Balaban J connectivity index is 2.37. The molecule has 3 nitrogen and oxygen atoms in total.